The molecule has 0 heterocycles. The van der Waals surface area contributed by atoms with Crippen molar-refractivity contribution in [1.82, 2.24) is 10.6 Å². The molecule has 0 aromatic heterocycles. The maximum atomic E-state index is 11.4. The molecule has 0 aromatic carbocycles. The monoisotopic (exact) mass is 390 g/mol. The second kappa shape index (κ2) is 7.10. The maximum Gasteiger partial charge on any atom is 0.272 e. The van der Waals surface area contributed by atoms with Crippen LogP contribution in [0.4, 0.5) is 0 Å². The predicted molar refractivity (Wildman–Crippen MR) is 80.4 cm³/mol. The molecule has 19 heavy (non-hydrogen) atoms. The Bertz CT molecular complexity index is 316. The largest absolute Gasteiger partial charge is 0.352 e. The number of carbonyl (C=O) groups is 2. The molecule has 0 saturated carbocycles. The quantitative estimate of drug-likeness (QED) is 0.722. The smallest absolute Gasteiger partial charge is 0.272 e. The highest BCUT2D eigenvalue weighted by atomic mass is 35.6. The van der Waals surface area contributed by atoms with Gasteiger partial charge in [0.1, 0.15) is 0 Å². The summed E-state index contributed by atoms with van der Waals surface area (Å²) in [5.41, 5.74) is -0.517. The zero-order valence-electron chi connectivity index (χ0n) is 10.00. The van der Waals surface area contributed by atoms with Gasteiger partial charge < -0.3 is 10.6 Å². The molecule has 0 aliphatic carbocycles. The van der Waals surface area contributed by atoms with Crippen LogP contribution in [-0.2, 0) is 9.59 Å². The summed E-state index contributed by atoms with van der Waals surface area (Å²) in [7, 11) is 0. The first-order valence-corrected chi connectivity index (χ1v) is 7.22. The van der Waals surface area contributed by atoms with Crippen LogP contribution in [0.15, 0.2) is 0 Å². The molecule has 0 unspecified atom stereocenters. The molecule has 2 amide bonds. The lowest BCUT2D eigenvalue weighted by Crippen LogP contribution is -2.46. The van der Waals surface area contributed by atoms with Crippen LogP contribution >= 0.6 is 69.6 Å². The Morgan fingerprint density at radius 1 is 0.789 bits per heavy atom. The van der Waals surface area contributed by atoms with E-state index in [9.17, 15) is 9.59 Å². The first kappa shape index (κ1) is 19.7. The van der Waals surface area contributed by atoms with E-state index in [1.54, 1.807) is 13.8 Å². The lowest BCUT2D eigenvalue weighted by molar-refractivity contribution is -0.120. The Hall–Kier alpha value is 0.680. The third kappa shape index (κ3) is 8.53. The fourth-order valence-electron chi connectivity index (χ4n) is 0.902. The van der Waals surface area contributed by atoms with Gasteiger partial charge >= 0.3 is 0 Å². The molecule has 0 radical (unpaired) electrons. The van der Waals surface area contributed by atoms with E-state index in [2.05, 4.69) is 10.6 Å². The molecule has 112 valence electrons. The zero-order valence-corrected chi connectivity index (χ0v) is 14.5. The predicted octanol–water partition coefficient (Wildman–Crippen LogP) is 2.99. The van der Waals surface area contributed by atoms with Gasteiger partial charge in [0.25, 0.3) is 19.4 Å². The van der Waals surface area contributed by atoms with Gasteiger partial charge in [0.05, 0.1) is 0 Å². The van der Waals surface area contributed by atoms with Gasteiger partial charge in [-0.15, -0.1) is 0 Å². The topological polar surface area (TPSA) is 58.2 Å². The highest BCUT2D eigenvalue weighted by Crippen LogP contribution is 2.27. The second-order valence-electron chi connectivity index (χ2n) is 4.53. The van der Waals surface area contributed by atoms with E-state index in [-0.39, 0.29) is 13.1 Å². The molecule has 10 heteroatoms. The first-order valence-electron chi connectivity index (χ1n) is 4.96. The van der Waals surface area contributed by atoms with Crippen LogP contribution in [0.25, 0.3) is 0 Å². The van der Waals surface area contributed by atoms with Crippen molar-refractivity contribution < 1.29 is 9.59 Å². The van der Waals surface area contributed by atoms with Gasteiger partial charge in [-0.05, 0) is 5.41 Å². The molecule has 0 fully saturated rings. The highest BCUT2D eigenvalue weighted by molar-refractivity contribution is 6.76. The van der Waals surface area contributed by atoms with Crippen molar-refractivity contribution >= 4 is 81.4 Å². The third-order valence-corrected chi connectivity index (χ3v) is 3.00. The molecule has 0 rings (SSSR count). The van der Waals surface area contributed by atoms with Crippen LogP contribution in [-0.4, -0.2) is 32.5 Å². The fraction of sp³-hybridized carbons (Fsp3) is 0.778. The number of halogens is 6. The number of amides is 2. The molecule has 0 saturated heterocycles. The Morgan fingerprint density at radius 2 is 1.05 bits per heavy atom. The van der Waals surface area contributed by atoms with E-state index >= 15 is 0 Å². The van der Waals surface area contributed by atoms with E-state index in [0.717, 1.165) is 0 Å². The maximum absolute atomic E-state index is 11.4. The van der Waals surface area contributed by atoms with Gasteiger partial charge in [0.15, 0.2) is 0 Å². The summed E-state index contributed by atoms with van der Waals surface area (Å²) < 4.78 is -4.06. The Morgan fingerprint density at radius 3 is 1.26 bits per heavy atom. The summed E-state index contributed by atoms with van der Waals surface area (Å²) in [6.45, 7) is 3.87. The average Bonchev–Trinajstić information content (AvgIpc) is 2.20. The van der Waals surface area contributed by atoms with Crippen LogP contribution in [0.5, 0.6) is 0 Å². The average molecular weight is 393 g/mol. The van der Waals surface area contributed by atoms with E-state index in [1.165, 1.54) is 0 Å². The minimum atomic E-state index is -2.03. The molecule has 0 bridgehead atoms. The number of nitrogens with one attached hydrogen (secondary N) is 2. The van der Waals surface area contributed by atoms with Crippen molar-refractivity contribution in [2.45, 2.75) is 21.4 Å². The molecule has 0 spiro atoms. The Labute approximate surface area is 141 Å². The summed E-state index contributed by atoms with van der Waals surface area (Å²) in [5.74, 6) is -1.50. The molecular weight excluding hydrogens is 381 g/mol. The van der Waals surface area contributed by atoms with Gasteiger partial charge in [-0.3, -0.25) is 9.59 Å². The number of hydrogen-bond acceptors (Lipinski definition) is 2. The lowest BCUT2D eigenvalue weighted by atomic mass is 9.93. The Kier molecular flexibility index (Phi) is 7.35. The summed E-state index contributed by atoms with van der Waals surface area (Å²) in [6.07, 6.45) is 0. The van der Waals surface area contributed by atoms with Crippen LogP contribution in [0.1, 0.15) is 13.8 Å². The molecular formula is C9H12Cl6N2O2. The molecule has 4 nitrogen and oxygen atoms in total. The Balaban J connectivity index is 4.28. The summed E-state index contributed by atoms with van der Waals surface area (Å²) in [4.78, 5) is 22.7. The van der Waals surface area contributed by atoms with E-state index < -0.39 is 24.8 Å². The molecule has 0 aliphatic heterocycles. The highest BCUT2D eigenvalue weighted by Gasteiger charge is 2.34. The normalized spacial score (nSPS) is 13.1. The van der Waals surface area contributed by atoms with E-state index in [4.69, 9.17) is 69.6 Å². The van der Waals surface area contributed by atoms with Crippen molar-refractivity contribution in [2.24, 2.45) is 5.41 Å². The van der Waals surface area contributed by atoms with Gasteiger partial charge in [-0.2, -0.15) is 0 Å². The minimum absolute atomic E-state index is 0.167. The second-order valence-corrected chi connectivity index (χ2v) is 9.09. The van der Waals surface area contributed by atoms with Crippen molar-refractivity contribution in [3.05, 3.63) is 0 Å². The number of rotatable bonds is 4. The molecule has 0 atom stereocenters. The standard InChI is InChI=1S/C9H12Cl6N2O2/c1-7(2,3-16-5(18)8(10,11)12)4-17-6(19)9(13,14)15/h3-4H2,1-2H3,(H,16,18)(H,17,19). The van der Waals surface area contributed by atoms with E-state index in [0.29, 0.717) is 0 Å². The fourth-order valence-corrected chi connectivity index (χ4v) is 1.30. The van der Waals surface area contributed by atoms with Gasteiger partial charge in [0.2, 0.25) is 0 Å². The van der Waals surface area contributed by atoms with Crippen LogP contribution < -0.4 is 10.6 Å². The van der Waals surface area contributed by atoms with Crippen molar-refractivity contribution in [3.8, 4) is 0 Å². The summed E-state index contributed by atoms with van der Waals surface area (Å²) in [5, 5.41) is 4.88. The number of alkyl halides is 6. The van der Waals surface area contributed by atoms with Crippen molar-refractivity contribution in [3.63, 3.8) is 0 Å². The molecule has 0 aromatic rings. The molecule has 0 aliphatic rings. The van der Waals surface area contributed by atoms with Crippen LogP contribution in [0.3, 0.4) is 0 Å². The molecule has 2 N–H and O–H groups in total. The van der Waals surface area contributed by atoms with E-state index in [1.807, 2.05) is 0 Å². The number of hydrogen-bond donors (Lipinski definition) is 2. The van der Waals surface area contributed by atoms with Crippen LogP contribution in [0.2, 0.25) is 0 Å². The SMILES string of the molecule is CC(C)(CNC(=O)C(Cl)(Cl)Cl)CNC(=O)C(Cl)(Cl)Cl. The van der Waals surface area contributed by atoms with Crippen molar-refractivity contribution in [1.29, 1.82) is 0 Å². The minimum Gasteiger partial charge on any atom is -0.352 e. The van der Waals surface area contributed by atoms with Crippen LogP contribution in [0, 0.1) is 5.41 Å². The van der Waals surface area contributed by atoms with Gasteiger partial charge in [0, 0.05) is 13.1 Å². The lowest BCUT2D eigenvalue weighted by Gasteiger charge is -2.27. The third-order valence-electron chi connectivity index (χ3n) is 1.97. The summed E-state index contributed by atoms with van der Waals surface area (Å²) in [6, 6.07) is 0. The van der Waals surface area contributed by atoms with Gasteiger partial charge in [-0.25, -0.2) is 0 Å². The van der Waals surface area contributed by atoms with Crippen molar-refractivity contribution in [2.75, 3.05) is 13.1 Å². The number of carbonyl (C=O) groups excluding carboxylic acids is 2. The first-order chi connectivity index (χ1) is 8.26. The summed E-state index contributed by atoms with van der Waals surface area (Å²) >= 11 is 32.4. The van der Waals surface area contributed by atoms with Gasteiger partial charge in [-0.1, -0.05) is 83.5 Å². The zero-order chi connectivity index (χ0) is 15.5.